The second-order valence-electron chi connectivity index (χ2n) is 5.39. The van der Waals surface area contributed by atoms with Crippen LogP contribution in [-0.2, 0) is 9.53 Å². The molecule has 0 unspecified atom stereocenters. The normalized spacial score (nSPS) is 17.2. The van der Waals surface area contributed by atoms with E-state index in [0.717, 1.165) is 11.1 Å². The molecule has 0 radical (unpaired) electrons. The Balaban J connectivity index is 2.13. The van der Waals surface area contributed by atoms with Crippen molar-refractivity contribution in [3.05, 3.63) is 52.2 Å². The molecule has 0 saturated heterocycles. The Morgan fingerprint density at radius 3 is 2.38 bits per heavy atom. The van der Waals surface area contributed by atoms with Gasteiger partial charge in [-0.25, -0.2) is 0 Å². The van der Waals surface area contributed by atoms with E-state index in [2.05, 4.69) is 12.1 Å². The minimum atomic E-state index is -0.801. The molecule has 0 saturated carbocycles. The highest BCUT2D eigenvalue weighted by Crippen LogP contribution is 2.41. The number of carbonyl (C=O) groups excluding carboxylic acids is 1. The Labute approximate surface area is 132 Å². The van der Waals surface area contributed by atoms with Crippen LogP contribution in [0.15, 0.2) is 46.0 Å². The lowest BCUT2D eigenvalue weighted by Gasteiger charge is -2.17. The Morgan fingerprint density at radius 1 is 1.10 bits per heavy atom. The molecule has 0 fully saturated rings. The zero-order valence-corrected chi connectivity index (χ0v) is 13.8. The van der Waals surface area contributed by atoms with Crippen molar-refractivity contribution in [3.63, 3.8) is 0 Å². The average Bonchev–Trinajstić information content (AvgIpc) is 3.07. The van der Waals surface area contributed by atoms with Gasteiger partial charge < -0.3 is 4.74 Å². The quantitative estimate of drug-likeness (QED) is 0.767. The molecule has 21 heavy (non-hydrogen) atoms. The number of rotatable bonds is 3. The number of hydrogen-bond acceptors (Lipinski definition) is 4. The Kier molecular flexibility index (Phi) is 3.68. The van der Waals surface area contributed by atoms with Gasteiger partial charge in [-0.1, -0.05) is 12.1 Å². The summed E-state index contributed by atoms with van der Waals surface area (Å²) >= 11 is 3.28. The molecule has 1 aromatic carbocycles. The van der Waals surface area contributed by atoms with Crippen LogP contribution in [0.4, 0.5) is 0 Å². The minimum Gasteiger partial charge on any atom is -0.478 e. The first kappa shape index (κ1) is 14.4. The standard InChI is InChI=1S/C17H16O2S2/c1-17(2)16(18)14(12-8-9-21-10-12)15(19-17)11-4-6-13(20-3)7-5-11/h4-10H,1-3H3. The SMILES string of the molecule is CSc1ccc(C2=C(c3ccsc3)C(=O)C(C)(C)O2)cc1. The molecular formula is C17H16O2S2. The van der Waals surface area contributed by atoms with Crippen molar-refractivity contribution in [2.24, 2.45) is 0 Å². The van der Waals surface area contributed by atoms with Gasteiger partial charge in [0, 0.05) is 10.5 Å². The molecule has 1 aromatic heterocycles. The maximum atomic E-state index is 12.6. The third-order valence-electron chi connectivity index (χ3n) is 3.52. The van der Waals surface area contributed by atoms with Gasteiger partial charge in [0.2, 0.25) is 5.78 Å². The number of ether oxygens (including phenoxy) is 1. The zero-order chi connectivity index (χ0) is 15.0. The molecule has 3 rings (SSSR count). The molecular weight excluding hydrogens is 300 g/mol. The second kappa shape index (κ2) is 5.35. The van der Waals surface area contributed by atoms with Gasteiger partial charge in [-0.2, -0.15) is 11.3 Å². The monoisotopic (exact) mass is 316 g/mol. The largest absolute Gasteiger partial charge is 0.478 e. The summed E-state index contributed by atoms with van der Waals surface area (Å²) in [7, 11) is 0. The van der Waals surface area contributed by atoms with E-state index in [1.54, 1.807) is 23.1 Å². The number of ketones is 1. The van der Waals surface area contributed by atoms with Gasteiger partial charge in [-0.15, -0.1) is 11.8 Å². The summed E-state index contributed by atoms with van der Waals surface area (Å²) in [5.74, 6) is 0.737. The van der Waals surface area contributed by atoms with Crippen LogP contribution in [-0.4, -0.2) is 17.6 Å². The molecule has 2 aromatic rings. The van der Waals surface area contributed by atoms with Crippen LogP contribution in [0.1, 0.15) is 25.0 Å². The van der Waals surface area contributed by atoms with Crippen molar-refractivity contribution in [1.82, 2.24) is 0 Å². The minimum absolute atomic E-state index is 0.0462. The Hall–Kier alpha value is -1.52. The number of carbonyl (C=O) groups is 1. The number of thiophene rings is 1. The number of benzene rings is 1. The van der Waals surface area contributed by atoms with Crippen molar-refractivity contribution >= 4 is 40.2 Å². The van der Waals surface area contributed by atoms with Gasteiger partial charge in [0.1, 0.15) is 5.76 Å². The van der Waals surface area contributed by atoms with Crippen LogP contribution < -0.4 is 0 Å². The van der Waals surface area contributed by atoms with Crippen LogP contribution in [0.3, 0.4) is 0 Å². The topological polar surface area (TPSA) is 26.3 Å². The first-order valence-electron chi connectivity index (χ1n) is 6.68. The van der Waals surface area contributed by atoms with Crippen LogP contribution in [0.25, 0.3) is 11.3 Å². The van der Waals surface area contributed by atoms with E-state index in [1.807, 2.05) is 49.1 Å². The van der Waals surface area contributed by atoms with E-state index < -0.39 is 5.60 Å². The fraction of sp³-hybridized carbons (Fsp3) is 0.235. The average molecular weight is 316 g/mol. The number of thioether (sulfide) groups is 1. The molecule has 0 atom stereocenters. The van der Waals surface area contributed by atoms with Crippen LogP contribution >= 0.6 is 23.1 Å². The lowest BCUT2D eigenvalue weighted by atomic mass is 9.94. The molecule has 1 aliphatic heterocycles. The Bertz CT molecular complexity index is 695. The lowest BCUT2D eigenvalue weighted by molar-refractivity contribution is -0.125. The maximum absolute atomic E-state index is 12.6. The van der Waals surface area contributed by atoms with Gasteiger partial charge in [0.25, 0.3) is 0 Å². The van der Waals surface area contributed by atoms with Crippen molar-refractivity contribution in [3.8, 4) is 0 Å². The second-order valence-corrected chi connectivity index (χ2v) is 7.05. The molecule has 0 N–H and O–H groups in total. The van der Waals surface area contributed by atoms with E-state index in [9.17, 15) is 4.79 Å². The van der Waals surface area contributed by atoms with E-state index in [-0.39, 0.29) is 5.78 Å². The summed E-state index contributed by atoms with van der Waals surface area (Å²) in [6.45, 7) is 3.65. The van der Waals surface area contributed by atoms with Crippen molar-refractivity contribution in [2.45, 2.75) is 24.3 Å². The molecule has 0 amide bonds. The highest BCUT2D eigenvalue weighted by molar-refractivity contribution is 7.98. The van der Waals surface area contributed by atoms with Crippen LogP contribution in [0.2, 0.25) is 0 Å². The summed E-state index contributed by atoms with van der Waals surface area (Å²) in [6, 6.07) is 10.1. The molecule has 2 heterocycles. The maximum Gasteiger partial charge on any atom is 0.210 e. The van der Waals surface area contributed by atoms with Crippen molar-refractivity contribution < 1.29 is 9.53 Å². The molecule has 0 spiro atoms. The van der Waals surface area contributed by atoms with E-state index >= 15 is 0 Å². The summed E-state index contributed by atoms with van der Waals surface area (Å²) < 4.78 is 5.98. The van der Waals surface area contributed by atoms with E-state index in [0.29, 0.717) is 11.3 Å². The van der Waals surface area contributed by atoms with Gasteiger partial charge in [0.05, 0.1) is 5.57 Å². The molecule has 0 bridgehead atoms. The summed E-state index contributed by atoms with van der Waals surface area (Å²) in [5, 5.41) is 3.98. The fourth-order valence-corrected chi connectivity index (χ4v) is 3.43. The summed E-state index contributed by atoms with van der Waals surface area (Å²) in [6.07, 6.45) is 2.05. The van der Waals surface area contributed by atoms with Gasteiger partial charge in [-0.3, -0.25) is 4.79 Å². The smallest absolute Gasteiger partial charge is 0.210 e. The third-order valence-corrected chi connectivity index (χ3v) is 4.95. The molecule has 108 valence electrons. The predicted molar refractivity (Wildman–Crippen MR) is 89.5 cm³/mol. The molecule has 4 heteroatoms. The third kappa shape index (κ3) is 2.54. The van der Waals surface area contributed by atoms with Gasteiger partial charge >= 0.3 is 0 Å². The molecule has 2 nitrogen and oxygen atoms in total. The van der Waals surface area contributed by atoms with Crippen molar-refractivity contribution in [1.29, 1.82) is 0 Å². The number of Topliss-reactive ketones (excluding diaryl/α,β-unsaturated/α-hetero) is 1. The highest BCUT2D eigenvalue weighted by Gasteiger charge is 2.42. The van der Waals surface area contributed by atoms with Gasteiger partial charge in [-0.05, 0) is 54.6 Å². The fourth-order valence-electron chi connectivity index (χ4n) is 2.37. The summed E-state index contributed by atoms with van der Waals surface area (Å²) in [5.41, 5.74) is 1.79. The molecule has 1 aliphatic rings. The first-order chi connectivity index (χ1) is 10.0. The molecule has 0 aliphatic carbocycles. The lowest BCUT2D eigenvalue weighted by Crippen LogP contribution is -2.29. The Morgan fingerprint density at radius 2 is 1.81 bits per heavy atom. The first-order valence-corrected chi connectivity index (χ1v) is 8.85. The highest BCUT2D eigenvalue weighted by atomic mass is 32.2. The van der Waals surface area contributed by atoms with E-state index in [1.165, 1.54) is 4.90 Å². The van der Waals surface area contributed by atoms with Gasteiger partial charge in [0.15, 0.2) is 5.60 Å². The van der Waals surface area contributed by atoms with Crippen LogP contribution in [0, 0.1) is 0 Å². The van der Waals surface area contributed by atoms with Crippen LogP contribution in [0.5, 0.6) is 0 Å². The summed E-state index contributed by atoms with van der Waals surface area (Å²) in [4.78, 5) is 13.8. The number of hydrogen-bond donors (Lipinski definition) is 0. The zero-order valence-electron chi connectivity index (χ0n) is 12.2. The van der Waals surface area contributed by atoms with E-state index in [4.69, 9.17) is 4.74 Å². The predicted octanol–water partition coefficient (Wildman–Crippen LogP) is 4.72. The van der Waals surface area contributed by atoms with Crippen molar-refractivity contribution in [2.75, 3.05) is 6.26 Å².